The lowest BCUT2D eigenvalue weighted by molar-refractivity contribution is 0.405. The van der Waals surface area contributed by atoms with Gasteiger partial charge in [0, 0.05) is 22.4 Å². The Balaban J connectivity index is 1.75. The molecule has 130 valence electrons. The highest BCUT2D eigenvalue weighted by Gasteiger charge is 2.18. The molecule has 1 heterocycles. The Morgan fingerprint density at radius 3 is 2.44 bits per heavy atom. The Bertz CT molecular complexity index is 755. The maximum Gasteiger partial charge on any atom is 0.122 e. The van der Waals surface area contributed by atoms with Crippen molar-refractivity contribution in [1.29, 1.82) is 0 Å². The van der Waals surface area contributed by atoms with Crippen LogP contribution in [-0.4, -0.2) is 13.7 Å². The Morgan fingerprint density at radius 2 is 1.72 bits per heavy atom. The zero-order valence-corrected chi connectivity index (χ0v) is 15.6. The topological polar surface area (TPSA) is 21.3 Å². The summed E-state index contributed by atoms with van der Waals surface area (Å²) in [6, 6.07) is 23.7. The SMILES string of the molecule is COc1ccccc1[C@@H](CCN[C@@H](C)c1cccs1)c1ccccc1. The number of hydrogen-bond acceptors (Lipinski definition) is 3. The van der Waals surface area contributed by atoms with Gasteiger partial charge in [-0.25, -0.2) is 0 Å². The third kappa shape index (κ3) is 4.50. The van der Waals surface area contributed by atoms with E-state index in [0.29, 0.717) is 12.0 Å². The lowest BCUT2D eigenvalue weighted by Crippen LogP contribution is -2.21. The first-order valence-corrected chi connectivity index (χ1v) is 9.62. The Kier molecular flexibility index (Phi) is 6.26. The van der Waals surface area contributed by atoms with Gasteiger partial charge in [-0.15, -0.1) is 11.3 Å². The van der Waals surface area contributed by atoms with Crippen molar-refractivity contribution in [3.8, 4) is 5.75 Å². The van der Waals surface area contributed by atoms with E-state index in [9.17, 15) is 0 Å². The van der Waals surface area contributed by atoms with Crippen LogP contribution < -0.4 is 10.1 Å². The van der Waals surface area contributed by atoms with Crippen molar-refractivity contribution in [3.05, 3.63) is 88.1 Å². The summed E-state index contributed by atoms with van der Waals surface area (Å²) < 4.78 is 5.62. The van der Waals surface area contributed by atoms with Crippen molar-refractivity contribution in [2.24, 2.45) is 0 Å². The second kappa shape index (κ2) is 8.84. The minimum Gasteiger partial charge on any atom is -0.496 e. The number of thiophene rings is 1. The maximum atomic E-state index is 5.62. The van der Waals surface area contributed by atoms with Crippen molar-refractivity contribution in [2.75, 3.05) is 13.7 Å². The number of hydrogen-bond donors (Lipinski definition) is 1. The fraction of sp³-hybridized carbons (Fsp3) is 0.273. The molecule has 2 atom stereocenters. The average Bonchev–Trinajstić information content (AvgIpc) is 3.21. The van der Waals surface area contributed by atoms with Gasteiger partial charge in [-0.2, -0.15) is 0 Å². The maximum absolute atomic E-state index is 5.62. The Labute approximate surface area is 154 Å². The molecule has 0 aliphatic rings. The van der Waals surface area contributed by atoms with Crippen LogP contribution in [0.3, 0.4) is 0 Å². The number of benzene rings is 2. The molecular weight excluding hydrogens is 326 g/mol. The molecular formula is C22H25NOS. The predicted octanol–water partition coefficient (Wildman–Crippen LogP) is 5.63. The van der Waals surface area contributed by atoms with Crippen LogP contribution in [0.15, 0.2) is 72.1 Å². The van der Waals surface area contributed by atoms with Crippen LogP contribution >= 0.6 is 11.3 Å². The fourth-order valence-corrected chi connectivity index (χ4v) is 3.98. The van der Waals surface area contributed by atoms with Gasteiger partial charge in [0.1, 0.15) is 5.75 Å². The van der Waals surface area contributed by atoms with Crippen LogP contribution in [0.2, 0.25) is 0 Å². The van der Waals surface area contributed by atoms with E-state index in [0.717, 1.165) is 18.7 Å². The minimum atomic E-state index is 0.320. The smallest absolute Gasteiger partial charge is 0.122 e. The molecule has 0 saturated carbocycles. The highest BCUT2D eigenvalue weighted by molar-refractivity contribution is 7.10. The molecule has 1 aromatic heterocycles. The van der Waals surface area contributed by atoms with Crippen LogP contribution in [0.25, 0.3) is 0 Å². The van der Waals surface area contributed by atoms with E-state index in [1.165, 1.54) is 16.0 Å². The van der Waals surface area contributed by atoms with E-state index in [1.54, 1.807) is 18.4 Å². The number of rotatable bonds is 8. The van der Waals surface area contributed by atoms with Crippen molar-refractivity contribution in [3.63, 3.8) is 0 Å². The number of methoxy groups -OCH3 is 1. The van der Waals surface area contributed by atoms with Crippen LogP contribution in [-0.2, 0) is 0 Å². The van der Waals surface area contributed by atoms with Gasteiger partial charge in [-0.05, 0) is 43.0 Å². The highest BCUT2D eigenvalue weighted by Crippen LogP contribution is 2.34. The normalized spacial score (nSPS) is 13.4. The summed E-state index contributed by atoms with van der Waals surface area (Å²) >= 11 is 1.81. The van der Waals surface area contributed by atoms with Crippen LogP contribution in [0.1, 0.15) is 41.3 Å². The summed E-state index contributed by atoms with van der Waals surface area (Å²) in [7, 11) is 1.75. The summed E-state index contributed by atoms with van der Waals surface area (Å²) in [6.07, 6.45) is 1.03. The largest absolute Gasteiger partial charge is 0.496 e. The van der Waals surface area contributed by atoms with Crippen molar-refractivity contribution in [1.82, 2.24) is 5.32 Å². The standard InChI is InChI=1S/C22H25NOS/c1-17(22-13-8-16-25-22)23-15-14-19(18-9-4-3-5-10-18)20-11-6-7-12-21(20)24-2/h3-13,16-17,19,23H,14-15H2,1-2H3/t17-,19-/m0/s1. The van der Waals surface area contributed by atoms with E-state index in [2.05, 4.69) is 72.2 Å². The molecule has 2 nitrogen and oxygen atoms in total. The molecule has 3 rings (SSSR count). The molecule has 0 radical (unpaired) electrons. The zero-order valence-electron chi connectivity index (χ0n) is 14.8. The molecule has 2 aromatic carbocycles. The summed E-state index contributed by atoms with van der Waals surface area (Å²) in [5, 5.41) is 5.80. The van der Waals surface area contributed by atoms with Gasteiger partial charge < -0.3 is 10.1 Å². The van der Waals surface area contributed by atoms with E-state index in [4.69, 9.17) is 4.74 Å². The molecule has 0 aliphatic carbocycles. The van der Waals surface area contributed by atoms with Crippen molar-refractivity contribution in [2.45, 2.75) is 25.3 Å². The van der Waals surface area contributed by atoms with Gasteiger partial charge in [-0.1, -0.05) is 54.6 Å². The van der Waals surface area contributed by atoms with Gasteiger partial charge in [0.2, 0.25) is 0 Å². The predicted molar refractivity (Wildman–Crippen MR) is 107 cm³/mol. The number of nitrogens with one attached hydrogen (secondary N) is 1. The van der Waals surface area contributed by atoms with Gasteiger partial charge in [0.05, 0.1) is 7.11 Å². The lowest BCUT2D eigenvalue weighted by atomic mass is 9.88. The molecule has 0 saturated heterocycles. The molecule has 0 unspecified atom stereocenters. The molecule has 0 amide bonds. The molecule has 0 bridgehead atoms. The quantitative estimate of drug-likeness (QED) is 0.568. The van der Waals surface area contributed by atoms with Crippen LogP contribution in [0.5, 0.6) is 5.75 Å². The summed E-state index contributed by atoms with van der Waals surface area (Å²) in [4.78, 5) is 1.38. The summed E-state index contributed by atoms with van der Waals surface area (Å²) in [5.41, 5.74) is 2.58. The van der Waals surface area contributed by atoms with E-state index >= 15 is 0 Å². The first kappa shape index (κ1) is 17.7. The highest BCUT2D eigenvalue weighted by atomic mass is 32.1. The third-order valence-corrected chi connectivity index (χ3v) is 5.62. The fourth-order valence-electron chi connectivity index (χ4n) is 3.22. The first-order valence-electron chi connectivity index (χ1n) is 8.74. The molecule has 0 fully saturated rings. The number of para-hydroxylation sites is 1. The summed E-state index contributed by atoms with van der Waals surface area (Å²) in [5.74, 6) is 1.28. The molecule has 3 heteroatoms. The lowest BCUT2D eigenvalue weighted by Gasteiger charge is -2.22. The van der Waals surface area contributed by atoms with Crippen LogP contribution in [0.4, 0.5) is 0 Å². The minimum absolute atomic E-state index is 0.320. The van der Waals surface area contributed by atoms with E-state index in [-0.39, 0.29) is 0 Å². The third-order valence-electron chi connectivity index (χ3n) is 4.57. The number of ether oxygens (including phenoxy) is 1. The molecule has 0 aliphatic heterocycles. The van der Waals surface area contributed by atoms with Gasteiger partial charge in [0.15, 0.2) is 0 Å². The first-order chi connectivity index (χ1) is 12.3. The van der Waals surface area contributed by atoms with Gasteiger partial charge in [0.25, 0.3) is 0 Å². The molecule has 25 heavy (non-hydrogen) atoms. The monoisotopic (exact) mass is 351 g/mol. The van der Waals surface area contributed by atoms with E-state index in [1.807, 2.05) is 12.1 Å². The summed E-state index contributed by atoms with van der Waals surface area (Å²) in [6.45, 7) is 3.18. The second-order valence-corrected chi connectivity index (χ2v) is 7.16. The van der Waals surface area contributed by atoms with Crippen LogP contribution in [0, 0.1) is 0 Å². The average molecular weight is 352 g/mol. The molecule has 3 aromatic rings. The Hall–Kier alpha value is -2.10. The van der Waals surface area contributed by atoms with E-state index < -0.39 is 0 Å². The Morgan fingerprint density at radius 1 is 0.960 bits per heavy atom. The molecule has 0 spiro atoms. The second-order valence-electron chi connectivity index (χ2n) is 6.19. The van der Waals surface area contributed by atoms with Crippen molar-refractivity contribution < 1.29 is 4.74 Å². The molecule has 1 N–H and O–H groups in total. The van der Waals surface area contributed by atoms with Gasteiger partial charge in [-0.3, -0.25) is 0 Å². The van der Waals surface area contributed by atoms with Crippen molar-refractivity contribution >= 4 is 11.3 Å². The zero-order chi connectivity index (χ0) is 17.5. The van der Waals surface area contributed by atoms with Gasteiger partial charge >= 0.3 is 0 Å².